The van der Waals surface area contributed by atoms with Crippen LogP contribution in [0.1, 0.15) is 37.6 Å². The fourth-order valence-corrected chi connectivity index (χ4v) is 2.52. The van der Waals surface area contributed by atoms with E-state index in [1.54, 1.807) is 18.2 Å². The zero-order chi connectivity index (χ0) is 15.1. The summed E-state index contributed by atoms with van der Waals surface area (Å²) in [6.45, 7) is 6.29. The van der Waals surface area contributed by atoms with Crippen molar-refractivity contribution in [1.29, 1.82) is 0 Å². The average molecular weight is 296 g/mol. The molecule has 0 aliphatic carbocycles. The summed E-state index contributed by atoms with van der Waals surface area (Å²) < 4.78 is 5.23. The summed E-state index contributed by atoms with van der Waals surface area (Å²) in [5.41, 5.74) is 0.223. The lowest BCUT2D eigenvalue weighted by atomic mass is 10.2. The Hall–Kier alpha value is -1.49. The highest BCUT2D eigenvalue weighted by Crippen LogP contribution is 2.27. The second-order valence-electron chi connectivity index (χ2n) is 4.87. The van der Waals surface area contributed by atoms with Crippen LogP contribution in [0, 0.1) is 5.92 Å². The van der Waals surface area contributed by atoms with Crippen molar-refractivity contribution in [2.75, 3.05) is 6.61 Å². The number of carboxylic acid groups (broad SMARTS) is 1. The van der Waals surface area contributed by atoms with Gasteiger partial charge < -0.3 is 9.84 Å². The minimum absolute atomic E-state index is 0.223. The van der Waals surface area contributed by atoms with Crippen molar-refractivity contribution >= 4 is 23.7 Å². The highest BCUT2D eigenvalue weighted by molar-refractivity contribution is 8.00. The standard InChI is InChI=1S/C15H20O4S/c1-4-13(15(18)19-9-10(2)3)20-12-7-5-6-11(8-12)14(16)17/h5-8,10,13H,4,9H2,1-3H3,(H,16,17). The summed E-state index contributed by atoms with van der Waals surface area (Å²) in [6, 6.07) is 6.59. The van der Waals surface area contributed by atoms with E-state index in [1.165, 1.54) is 17.8 Å². The fraction of sp³-hybridized carbons (Fsp3) is 0.467. The second kappa shape index (κ2) is 7.94. The Balaban J connectivity index is 2.70. The highest BCUT2D eigenvalue weighted by atomic mass is 32.2. The third-order valence-electron chi connectivity index (χ3n) is 2.55. The zero-order valence-electron chi connectivity index (χ0n) is 12.0. The number of hydrogen-bond acceptors (Lipinski definition) is 4. The topological polar surface area (TPSA) is 63.6 Å². The summed E-state index contributed by atoms with van der Waals surface area (Å²) in [5.74, 6) is -0.911. The lowest BCUT2D eigenvalue weighted by molar-refractivity contribution is -0.144. The molecule has 1 aromatic carbocycles. The van der Waals surface area contributed by atoms with E-state index in [2.05, 4.69) is 0 Å². The number of carboxylic acids is 1. The van der Waals surface area contributed by atoms with Crippen molar-refractivity contribution in [1.82, 2.24) is 0 Å². The number of rotatable bonds is 7. The van der Waals surface area contributed by atoms with Crippen LogP contribution in [0.15, 0.2) is 29.2 Å². The summed E-state index contributed by atoms with van der Waals surface area (Å²) in [6.07, 6.45) is 0.638. The fourth-order valence-electron chi connectivity index (χ4n) is 1.51. The molecule has 0 saturated heterocycles. The molecule has 0 bridgehead atoms. The lowest BCUT2D eigenvalue weighted by Gasteiger charge is -2.15. The molecule has 1 unspecified atom stereocenters. The minimum atomic E-state index is -0.970. The summed E-state index contributed by atoms with van der Waals surface area (Å²) in [7, 11) is 0. The van der Waals surface area contributed by atoms with Gasteiger partial charge in [0, 0.05) is 4.90 Å². The molecular weight excluding hydrogens is 276 g/mol. The van der Waals surface area contributed by atoms with Gasteiger partial charge in [-0.05, 0) is 30.5 Å². The molecule has 1 N–H and O–H groups in total. The van der Waals surface area contributed by atoms with Crippen LogP contribution in [0.2, 0.25) is 0 Å². The Morgan fingerprint density at radius 2 is 2.05 bits per heavy atom. The SMILES string of the molecule is CCC(Sc1cccc(C(=O)O)c1)C(=O)OCC(C)C. The molecule has 5 heteroatoms. The molecule has 0 fully saturated rings. The molecule has 1 rings (SSSR count). The smallest absolute Gasteiger partial charge is 0.335 e. The molecule has 1 aromatic rings. The molecule has 0 spiro atoms. The van der Waals surface area contributed by atoms with Gasteiger partial charge in [-0.2, -0.15) is 0 Å². The zero-order valence-corrected chi connectivity index (χ0v) is 12.8. The Morgan fingerprint density at radius 1 is 1.35 bits per heavy atom. The molecule has 0 amide bonds. The first kappa shape index (κ1) is 16.6. The van der Waals surface area contributed by atoms with E-state index in [0.717, 1.165) is 4.90 Å². The van der Waals surface area contributed by atoms with Crippen LogP contribution < -0.4 is 0 Å². The molecule has 20 heavy (non-hydrogen) atoms. The molecule has 0 aromatic heterocycles. The quantitative estimate of drug-likeness (QED) is 0.616. The van der Waals surface area contributed by atoms with Crippen LogP contribution in [0.25, 0.3) is 0 Å². The van der Waals surface area contributed by atoms with Crippen LogP contribution in [-0.2, 0) is 9.53 Å². The van der Waals surface area contributed by atoms with E-state index in [9.17, 15) is 9.59 Å². The number of carbonyl (C=O) groups is 2. The van der Waals surface area contributed by atoms with Crippen LogP contribution in [0.4, 0.5) is 0 Å². The van der Waals surface area contributed by atoms with E-state index in [0.29, 0.717) is 18.9 Å². The summed E-state index contributed by atoms with van der Waals surface area (Å²) in [5, 5.41) is 8.65. The van der Waals surface area contributed by atoms with E-state index in [4.69, 9.17) is 9.84 Å². The summed E-state index contributed by atoms with van der Waals surface area (Å²) >= 11 is 1.34. The molecule has 4 nitrogen and oxygen atoms in total. The van der Waals surface area contributed by atoms with Crippen molar-refractivity contribution in [3.05, 3.63) is 29.8 Å². The number of carbonyl (C=O) groups excluding carboxylic acids is 1. The van der Waals surface area contributed by atoms with Gasteiger partial charge in [-0.3, -0.25) is 4.79 Å². The third kappa shape index (κ3) is 5.25. The molecule has 0 radical (unpaired) electrons. The van der Waals surface area contributed by atoms with Crippen LogP contribution in [0.3, 0.4) is 0 Å². The Bertz CT molecular complexity index is 471. The van der Waals surface area contributed by atoms with Crippen molar-refractivity contribution < 1.29 is 19.4 Å². The number of esters is 1. The number of aromatic carboxylic acids is 1. The largest absolute Gasteiger partial charge is 0.478 e. The Labute approximate surface area is 123 Å². The normalized spacial score (nSPS) is 12.2. The molecule has 0 aliphatic heterocycles. The van der Waals surface area contributed by atoms with Crippen molar-refractivity contribution in [3.63, 3.8) is 0 Å². The predicted octanol–water partition coefficient (Wildman–Crippen LogP) is 3.45. The van der Waals surface area contributed by atoms with Gasteiger partial charge in [-0.15, -0.1) is 11.8 Å². The van der Waals surface area contributed by atoms with E-state index in [-0.39, 0.29) is 16.8 Å². The van der Waals surface area contributed by atoms with Gasteiger partial charge in [0.05, 0.1) is 12.2 Å². The monoisotopic (exact) mass is 296 g/mol. The van der Waals surface area contributed by atoms with Crippen molar-refractivity contribution in [3.8, 4) is 0 Å². The summed E-state index contributed by atoms with van der Waals surface area (Å²) in [4.78, 5) is 23.6. The van der Waals surface area contributed by atoms with Gasteiger partial charge in [0.1, 0.15) is 5.25 Å². The van der Waals surface area contributed by atoms with Gasteiger partial charge in [0.15, 0.2) is 0 Å². The Kier molecular flexibility index (Phi) is 6.58. The van der Waals surface area contributed by atoms with Gasteiger partial charge in [0.2, 0.25) is 0 Å². The maximum absolute atomic E-state index is 11.9. The first-order valence-corrected chi connectivity index (χ1v) is 7.48. The average Bonchev–Trinajstić information content (AvgIpc) is 2.42. The second-order valence-corrected chi connectivity index (χ2v) is 6.15. The Morgan fingerprint density at radius 3 is 2.60 bits per heavy atom. The minimum Gasteiger partial charge on any atom is -0.478 e. The molecule has 0 aliphatic rings. The number of hydrogen-bond donors (Lipinski definition) is 1. The van der Waals surface area contributed by atoms with E-state index < -0.39 is 5.97 Å². The third-order valence-corrected chi connectivity index (χ3v) is 3.89. The van der Waals surface area contributed by atoms with Crippen LogP contribution in [0.5, 0.6) is 0 Å². The maximum atomic E-state index is 11.9. The van der Waals surface area contributed by atoms with Crippen LogP contribution in [-0.4, -0.2) is 28.9 Å². The van der Waals surface area contributed by atoms with Gasteiger partial charge in [-0.25, -0.2) is 4.79 Å². The number of benzene rings is 1. The van der Waals surface area contributed by atoms with Gasteiger partial charge in [0.25, 0.3) is 0 Å². The lowest BCUT2D eigenvalue weighted by Crippen LogP contribution is -2.21. The van der Waals surface area contributed by atoms with Gasteiger partial charge in [-0.1, -0.05) is 26.8 Å². The van der Waals surface area contributed by atoms with Crippen LogP contribution >= 0.6 is 11.8 Å². The number of ether oxygens (including phenoxy) is 1. The molecule has 110 valence electrons. The van der Waals surface area contributed by atoms with Crippen molar-refractivity contribution in [2.45, 2.75) is 37.3 Å². The first-order chi connectivity index (χ1) is 9.43. The molecular formula is C15H20O4S. The van der Waals surface area contributed by atoms with Gasteiger partial charge >= 0.3 is 11.9 Å². The van der Waals surface area contributed by atoms with E-state index >= 15 is 0 Å². The van der Waals surface area contributed by atoms with Crippen molar-refractivity contribution in [2.24, 2.45) is 5.92 Å². The predicted molar refractivity (Wildman–Crippen MR) is 79.1 cm³/mol. The number of thioether (sulfide) groups is 1. The highest BCUT2D eigenvalue weighted by Gasteiger charge is 2.20. The molecule has 0 heterocycles. The maximum Gasteiger partial charge on any atom is 0.335 e. The first-order valence-electron chi connectivity index (χ1n) is 6.60. The van der Waals surface area contributed by atoms with E-state index in [1.807, 2.05) is 20.8 Å². The molecule has 0 saturated carbocycles. The molecule has 1 atom stereocenters.